The highest BCUT2D eigenvalue weighted by atomic mass is 19.1. The second kappa shape index (κ2) is 7.91. The van der Waals surface area contributed by atoms with Gasteiger partial charge in [-0.1, -0.05) is 6.58 Å². The van der Waals surface area contributed by atoms with Crippen LogP contribution >= 0.6 is 0 Å². The third-order valence-corrected chi connectivity index (χ3v) is 3.06. The zero-order valence-corrected chi connectivity index (χ0v) is 13.0. The zero-order valence-electron chi connectivity index (χ0n) is 13.0. The van der Waals surface area contributed by atoms with Crippen LogP contribution in [-0.2, 0) is 4.79 Å². The van der Waals surface area contributed by atoms with E-state index in [0.717, 1.165) is 12.1 Å². The molecule has 0 bridgehead atoms. The lowest BCUT2D eigenvalue weighted by atomic mass is 10.2. The minimum absolute atomic E-state index is 0.0265. The number of aromatic hydroxyl groups is 1. The van der Waals surface area contributed by atoms with Gasteiger partial charge in [-0.15, -0.1) is 0 Å². The van der Waals surface area contributed by atoms with Gasteiger partial charge in [0.15, 0.2) is 0 Å². The topological polar surface area (TPSA) is 90.5 Å². The van der Waals surface area contributed by atoms with Gasteiger partial charge in [0.05, 0.1) is 12.1 Å². The van der Waals surface area contributed by atoms with Crippen LogP contribution in [0.4, 0.5) is 14.5 Å². The number of halogens is 2. The van der Waals surface area contributed by atoms with Crippen molar-refractivity contribution in [3.63, 3.8) is 0 Å². The van der Waals surface area contributed by atoms with Crippen molar-refractivity contribution in [1.29, 1.82) is 0 Å². The molecule has 0 aromatic heterocycles. The van der Waals surface area contributed by atoms with Crippen molar-refractivity contribution in [2.45, 2.75) is 6.42 Å². The number of anilines is 1. The first-order valence-electron chi connectivity index (χ1n) is 7.13. The first-order valence-corrected chi connectivity index (χ1v) is 7.13. The lowest BCUT2D eigenvalue weighted by Gasteiger charge is -2.12. The second-order valence-electron chi connectivity index (χ2n) is 5.08. The van der Waals surface area contributed by atoms with Gasteiger partial charge < -0.3 is 15.8 Å². The largest absolute Gasteiger partial charge is 0.508 e. The van der Waals surface area contributed by atoms with E-state index in [4.69, 9.17) is 5.11 Å². The Kier molecular flexibility index (Phi) is 5.67. The summed E-state index contributed by atoms with van der Waals surface area (Å²) in [7, 11) is 0. The van der Waals surface area contributed by atoms with Crippen molar-refractivity contribution < 1.29 is 23.5 Å². The minimum Gasteiger partial charge on any atom is -0.508 e. The minimum atomic E-state index is -0.896. The van der Waals surface area contributed by atoms with E-state index < -0.39 is 23.4 Å². The highest BCUT2D eigenvalue weighted by Crippen LogP contribution is 2.15. The molecule has 0 aliphatic heterocycles. The molecule has 0 atom stereocenters. The third kappa shape index (κ3) is 5.31. The molecule has 0 aliphatic carbocycles. The SMILES string of the molecule is C=C(CC(=O)Nc1ccc(F)cc1F)NNC(=O)c1ccc(O)cc1. The standard InChI is InChI=1S/C17H15F2N3O3/c1-10(21-22-17(25)11-2-5-13(23)6-3-11)8-16(24)20-15-7-4-12(18)9-14(15)19/h2-7,9,21,23H,1,8H2,(H,20,24)(H,22,25). The Labute approximate surface area is 142 Å². The number of hydrogen-bond acceptors (Lipinski definition) is 4. The number of benzene rings is 2. The van der Waals surface area contributed by atoms with Crippen molar-refractivity contribution in [1.82, 2.24) is 10.9 Å². The summed E-state index contributed by atoms with van der Waals surface area (Å²) in [6.45, 7) is 3.57. The van der Waals surface area contributed by atoms with Crippen molar-refractivity contribution in [3.8, 4) is 5.75 Å². The summed E-state index contributed by atoms with van der Waals surface area (Å²) < 4.78 is 26.3. The molecule has 8 heteroatoms. The summed E-state index contributed by atoms with van der Waals surface area (Å²) in [4.78, 5) is 23.6. The van der Waals surface area contributed by atoms with E-state index in [2.05, 4.69) is 22.7 Å². The predicted octanol–water partition coefficient (Wildman–Crippen LogP) is 2.45. The summed E-state index contributed by atoms with van der Waals surface area (Å²) in [6, 6.07) is 8.32. The number of hydrazine groups is 1. The van der Waals surface area contributed by atoms with Gasteiger partial charge in [0, 0.05) is 17.3 Å². The van der Waals surface area contributed by atoms with Crippen LogP contribution in [0.3, 0.4) is 0 Å². The second-order valence-corrected chi connectivity index (χ2v) is 5.08. The molecule has 2 rings (SSSR count). The van der Waals surface area contributed by atoms with Crippen LogP contribution < -0.4 is 16.2 Å². The van der Waals surface area contributed by atoms with Crippen LogP contribution in [0, 0.1) is 11.6 Å². The van der Waals surface area contributed by atoms with E-state index in [1.165, 1.54) is 24.3 Å². The molecule has 130 valence electrons. The summed E-state index contributed by atoms with van der Waals surface area (Å²) in [5.41, 5.74) is 5.08. The lowest BCUT2D eigenvalue weighted by Crippen LogP contribution is -2.37. The molecule has 0 heterocycles. The number of nitrogens with one attached hydrogen (secondary N) is 3. The van der Waals surface area contributed by atoms with E-state index in [9.17, 15) is 18.4 Å². The van der Waals surface area contributed by atoms with Crippen LogP contribution in [0.5, 0.6) is 5.75 Å². The fraction of sp³-hybridized carbons (Fsp3) is 0.0588. The molecule has 4 N–H and O–H groups in total. The van der Waals surface area contributed by atoms with Gasteiger partial charge in [-0.05, 0) is 36.4 Å². The molecule has 0 fully saturated rings. The fourth-order valence-corrected chi connectivity index (χ4v) is 1.85. The van der Waals surface area contributed by atoms with Gasteiger partial charge in [-0.3, -0.25) is 15.0 Å². The van der Waals surface area contributed by atoms with E-state index in [-0.39, 0.29) is 29.1 Å². The summed E-state index contributed by atoms with van der Waals surface area (Å²) in [6.07, 6.45) is -0.243. The van der Waals surface area contributed by atoms with Gasteiger partial charge in [0.2, 0.25) is 5.91 Å². The normalized spacial score (nSPS) is 10.0. The summed E-state index contributed by atoms with van der Waals surface area (Å²) >= 11 is 0. The van der Waals surface area contributed by atoms with Crippen LogP contribution in [0.1, 0.15) is 16.8 Å². The number of carbonyl (C=O) groups is 2. The maximum atomic E-state index is 13.5. The van der Waals surface area contributed by atoms with E-state index >= 15 is 0 Å². The maximum Gasteiger partial charge on any atom is 0.269 e. The Balaban J connectivity index is 1.82. The number of carbonyl (C=O) groups excluding carboxylic acids is 2. The highest BCUT2D eigenvalue weighted by molar-refractivity contribution is 5.94. The van der Waals surface area contributed by atoms with Crippen molar-refractivity contribution in [2.24, 2.45) is 0 Å². The van der Waals surface area contributed by atoms with Gasteiger partial charge in [0.25, 0.3) is 5.91 Å². The molecular weight excluding hydrogens is 332 g/mol. The molecular formula is C17H15F2N3O3. The monoisotopic (exact) mass is 347 g/mol. The highest BCUT2D eigenvalue weighted by Gasteiger charge is 2.10. The molecule has 0 aliphatic rings. The molecule has 2 amide bonds. The van der Waals surface area contributed by atoms with Crippen LogP contribution in [-0.4, -0.2) is 16.9 Å². The van der Waals surface area contributed by atoms with Crippen LogP contribution in [0.15, 0.2) is 54.7 Å². The molecule has 0 radical (unpaired) electrons. The molecule has 0 saturated carbocycles. The Morgan fingerprint density at radius 1 is 1.04 bits per heavy atom. The van der Waals surface area contributed by atoms with E-state index in [1.807, 2.05) is 0 Å². The van der Waals surface area contributed by atoms with Crippen molar-refractivity contribution in [2.75, 3.05) is 5.32 Å². The lowest BCUT2D eigenvalue weighted by molar-refractivity contribution is -0.115. The average molecular weight is 347 g/mol. The molecule has 0 saturated heterocycles. The van der Waals surface area contributed by atoms with Crippen molar-refractivity contribution >= 4 is 17.5 Å². The first kappa shape index (κ1) is 17.9. The van der Waals surface area contributed by atoms with E-state index in [1.54, 1.807) is 0 Å². The Morgan fingerprint density at radius 2 is 1.72 bits per heavy atom. The van der Waals surface area contributed by atoms with E-state index in [0.29, 0.717) is 6.07 Å². The average Bonchev–Trinajstić information content (AvgIpc) is 2.56. The Bertz CT molecular complexity index is 807. The quantitative estimate of drug-likeness (QED) is 0.604. The number of phenols is 1. The van der Waals surface area contributed by atoms with Gasteiger partial charge in [-0.25, -0.2) is 8.78 Å². The molecule has 0 spiro atoms. The Morgan fingerprint density at radius 3 is 2.36 bits per heavy atom. The van der Waals surface area contributed by atoms with Gasteiger partial charge >= 0.3 is 0 Å². The van der Waals surface area contributed by atoms with Crippen LogP contribution in [0.2, 0.25) is 0 Å². The summed E-state index contributed by atoms with van der Waals surface area (Å²) in [5, 5.41) is 11.4. The van der Waals surface area contributed by atoms with Gasteiger partial charge in [-0.2, -0.15) is 0 Å². The number of hydrogen-bond donors (Lipinski definition) is 4. The first-order chi connectivity index (χ1) is 11.8. The molecule has 2 aromatic carbocycles. The smallest absolute Gasteiger partial charge is 0.269 e. The van der Waals surface area contributed by atoms with Crippen LogP contribution in [0.25, 0.3) is 0 Å². The van der Waals surface area contributed by atoms with Gasteiger partial charge in [0.1, 0.15) is 17.4 Å². The summed E-state index contributed by atoms with van der Waals surface area (Å²) in [5.74, 6) is -2.71. The number of phenolic OH excluding ortho intramolecular Hbond substituents is 1. The third-order valence-electron chi connectivity index (χ3n) is 3.06. The molecule has 6 nitrogen and oxygen atoms in total. The molecule has 2 aromatic rings. The molecule has 25 heavy (non-hydrogen) atoms. The predicted molar refractivity (Wildman–Crippen MR) is 87.5 cm³/mol. The Hall–Kier alpha value is -3.42. The maximum absolute atomic E-state index is 13.5. The zero-order chi connectivity index (χ0) is 18.4. The number of amides is 2. The number of rotatable bonds is 6. The molecule has 0 unspecified atom stereocenters. The fourth-order valence-electron chi connectivity index (χ4n) is 1.85. The van der Waals surface area contributed by atoms with Crippen molar-refractivity contribution in [3.05, 3.63) is 71.9 Å².